The van der Waals surface area contributed by atoms with E-state index in [1.807, 2.05) is 4.90 Å². The molecular formula is C17H32ClN3O2. The van der Waals surface area contributed by atoms with E-state index in [0.29, 0.717) is 24.9 Å². The molecular weight excluding hydrogens is 314 g/mol. The summed E-state index contributed by atoms with van der Waals surface area (Å²) in [5, 5.41) is 3.41. The molecule has 23 heavy (non-hydrogen) atoms. The average Bonchev–Trinajstić information content (AvgIpc) is 2.77. The van der Waals surface area contributed by atoms with Gasteiger partial charge in [-0.05, 0) is 38.6 Å². The quantitative estimate of drug-likeness (QED) is 0.769. The Morgan fingerprint density at radius 2 is 1.70 bits per heavy atom. The molecule has 5 nitrogen and oxygen atoms in total. The Balaban J connectivity index is 0.00000264. The smallest absolute Gasteiger partial charge is 0.223 e. The van der Waals surface area contributed by atoms with Gasteiger partial charge in [0.1, 0.15) is 0 Å². The van der Waals surface area contributed by atoms with E-state index in [1.165, 1.54) is 0 Å². The lowest BCUT2D eigenvalue weighted by atomic mass is 10.1. The Kier molecular flexibility index (Phi) is 8.92. The van der Waals surface area contributed by atoms with Crippen molar-refractivity contribution in [3.8, 4) is 0 Å². The van der Waals surface area contributed by atoms with Crippen LogP contribution in [0.2, 0.25) is 0 Å². The first-order valence-electron chi connectivity index (χ1n) is 8.97. The molecule has 2 fully saturated rings. The summed E-state index contributed by atoms with van der Waals surface area (Å²) >= 11 is 0. The molecule has 134 valence electrons. The van der Waals surface area contributed by atoms with Crippen LogP contribution in [-0.2, 0) is 9.59 Å². The predicted molar refractivity (Wildman–Crippen MR) is 94.8 cm³/mol. The van der Waals surface area contributed by atoms with E-state index in [2.05, 4.69) is 24.1 Å². The summed E-state index contributed by atoms with van der Waals surface area (Å²) in [5.74, 6) is 0.315. The minimum absolute atomic E-state index is 0. The number of carbonyl (C=O) groups is 2. The van der Waals surface area contributed by atoms with Crippen LogP contribution in [0.4, 0.5) is 0 Å². The largest absolute Gasteiger partial charge is 0.343 e. The number of nitrogens with zero attached hydrogens (tertiary/aromatic N) is 2. The van der Waals surface area contributed by atoms with Crippen molar-refractivity contribution in [3.05, 3.63) is 0 Å². The zero-order valence-corrected chi connectivity index (χ0v) is 15.4. The molecule has 2 unspecified atom stereocenters. The summed E-state index contributed by atoms with van der Waals surface area (Å²) in [6.07, 6.45) is 5.97. The Morgan fingerprint density at radius 3 is 2.35 bits per heavy atom. The number of amides is 2. The zero-order valence-electron chi connectivity index (χ0n) is 14.6. The second kappa shape index (κ2) is 10.1. The maximum Gasteiger partial charge on any atom is 0.223 e. The second-order valence-electron chi connectivity index (χ2n) is 6.56. The highest BCUT2D eigenvalue weighted by Gasteiger charge is 2.37. The minimum Gasteiger partial charge on any atom is -0.343 e. The third kappa shape index (κ3) is 5.35. The van der Waals surface area contributed by atoms with Gasteiger partial charge in [-0.15, -0.1) is 12.4 Å². The van der Waals surface area contributed by atoms with Gasteiger partial charge in [-0.25, -0.2) is 0 Å². The molecule has 0 aromatic carbocycles. The maximum atomic E-state index is 12.6. The molecule has 2 aliphatic rings. The summed E-state index contributed by atoms with van der Waals surface area (Å²) in [7, 11) is 0. The van der Waals surface area contributed by atoms with Gasteiger partial charge in [0.05, 0.1) is 0 Å². The van der Waals surface area contributed by atoms with Crippen LogP contribution in [0.15, 0.2) is 0 Å². The standard InChI is InChI=1S/C17H31N3O2.ClH/c1-3-11-19(12-4-2)16(21)7-8-17(22)20-14-5-6-15(20)13-18-10-9-14;/h14-15,18H,3-13H2,1-2H3;1H. The van der Waals surface area contributed by atoms with Crippen LogP contribution in [0.25, 0.3) is 0 Å². The Morgan fingerprint density at radius 1 is 1.04 bits per heavy atom. The van der Waals surface area contributed by atoms with E-state index in [1.54, 1.807) is 0 Å². The average molecular weight is 346 g/mol. The highest BCUT2D eigenvalue weighted by atomic mass is 35.5. The molecule has 0 aromatic rings. The van der Waals surface area contributed by atoms with Crippen molar-refractivity contribution in [1.82, 2.24) is 15.1 Å². The Bertz CT molecular complexity index is 372. The van der Waals surface area contributed by atoms with Crippen LogP contribution in [0.3, 0.4) is 0 Å². The Labute approximate surface area is 146 Å². The first kappa shape index (κ1) is 20.2. The highest BCUT2D eigenvalue weighted by molar-refractivity contribution is 5.85. The fraction of sp³-hybridized carbons (Fsp3) is 0.882. The molecule has 2 atom stereocenters. The van der Waals surface area contributed by atoms with E-state index < -0.39 is 0 Å². The molecule has 2 aliphatic heterocycles. The fourth-order valence-electron chi connectivity index (χ4n) is 3.79. The third-order valence-corrected chi connectivity index (χ3v) is 4.83. The van der Waals surface area contributed by atoms with Crippen molar-refractivity contribution < 1.29 is 9.59 Å². The zero-order chi connectivity index (χ0) is 15.9. The van der Waals surface area contributed by atoms with Crippen LogP contribution in [-0.4, -0.2) is 59.9 Å². The molecule has 6 heteroatoms. The fourth-order valence-corrected chi connectivity index (χ4v) is 3.79. The van der Waals surface area contributed by atoms with E-state index >= 15 is 0 Å². The summed E-state index contributed by atoms with van der Waals surface area (Å²) in [5.41, 5.74) is 0. The van der Waals surface area contributed by atoms with E-state index in [4.69, 9.17) is 0 Å². The molecule has 2 amide bonds. The van der Waals surface area contributed by atoms with Crippen molar-refractivity contribution in [2.45, 2.75) is 70.9 Å². The number of rotatable bonds is 7. The van der Waals surface area contributed by atoms with Gasteiger partial charge in [0.25, 0.3) is 0 Å². The molecule has 0 aromatic heterocycles. The molecule has 0 radical (unpaired) electrons. The molecule has 2 saturated heterocycles. The van der Waals surface area contributed by atoms with Crippen LogP contribution >= 0.6 is 12.4 Å². The van der Waals surface area contributed by atoms with E-state index in [9.17, 15) is 9.59 Å². The molecule has 0 saturated carbocycles. The number of nitrogens with one attached hydrogen (secondary N) is 1. The van der Waals surface area contributed by atoms with E-state index in [0.717, 1.165) is 58.3 Å². The van der Waals surface area contributed by atoms with Crippen LogP contribution in [0.5, 0.6) is 0 Å². The SMILES string of the molecule is CCCN(CCC)C(=O)CCC(=O)N1C2CCNCC1CC2.Cl. The summed E-state index contributed by atoms with van der Waals surface area (Å²) in [4.78, 5) is 28.9. The maximum absolute atomic E-state index is 12.6. The van der Waals surface area contributed by atoms with Crippen LogP contribution in [0, 0.1) is 0 Å². The van der Waals surface area contributed by atoms with Crippen molar-refractivity contribution in [3.63, 3.8) is 0 Å². The molecule has 1 N–H and O–H groups in total. The summed E-state index contributed by atoms with van der Waals surface area (Å²) in [6.45, 7) is 7.70. The van der Waals surface area contributed by atoms with Crippen molar-refractivity contribution in [1.29, 1.82) is 0 Å². The van der Waals surface area contributed by atoms with Crippen LogP contribution < -0.4 is 5.32 Å². The number of carbonyl (C=O) groups excluding carboxylic acids is 2. The van der Waals surface area contributed by atoms with Crippen molar-refractivity contribution >= 4 is 24.2 Å². The van der Waals surface area contributed by atoms with Gasteiger partial charge < -0.3 is 15.1 Å². The predicted octanol–water partition coefficient (Wildman–Crippen LogP) is 2.19. The minimum atomic E-state index is 0. The summed E-state index contributed by atoms with van der Waals surface area (Å²) < 4.78 is 0. The monoisotopic (exact) mass is 345 g/mol. The van der Waals surface area contributed by atoms with E-state index in [-0.39, 0.29) is 24.2 Å². The number of halogens is 1. The van der Waals surface area contributed by atoms with Gasteiger partial charge in [-0.1, -0.05) is 13.8 Å². The molecule has 0 spiro atoms. The van der Waals surface area contributed by atoms with Gasteiger partial charge in [0.15, 0.2) is 0 Å². The topological polar surface area (TPSA) is 52.7 Å². The number of fused-ring (bicyclic) bond motifs is 2. The van der Waals surface area contributed by atoms with Gasteiger partial charge >= 0.3 is 0 Å². The molecule has 0 aliphatic carbocycles. The van der Waals surface area contributed by atoms with Crippen molar-refractivity contribution in [2.75, 3.05) is 26.2 Å². The lowest BCUT2D eigenvalue weighted by molar-refractivity contribution is -0.138. The van der Waals surface area contributed by atoms with Gasteiger partial charge in [0.2, 0.25) is 11.8 Å². The number of hydrogen-bond donors (Lipinski definition) is 1. The van der Waals surface area contributed by atoms with Crippen molar-refractivity contribution in [2.24, 2.45) is 0 Å². The molecule has 2 bridgehead atoms. The van der Waals surface area contributed by atoms with Crippen LogP contribution in [0.1, 0.15) is 58.8 Å². The first-order valence-corrected chi connectivity index (χ1v) is 8.97. The normalized spacial score (nSPS) is 23.1. The third-order valence-electron chi connectivity index (χ3n) is 4.83. The summed E-state index contributed by atoms with van der Waals surface area (Å²) in [6, 6.07) is 0.738. The first-order chi connectivity index (χ1) is 10.7. The second-order valence-corrected chi connectivity index (χ2v) is 6.56. The molecule has 2 rings (SSSR count). The van der Waals surface area contributed by atoms with Gasteiger partial charge in [-0.2, -0.15) is 0 Å². The van der Waals surface area contributed by atoms with Gasteiger partial charge in [-0.3, -0.25) is 9.59 Å². The lowest BCUT2D eigenvalue weighted by Crippen LogP contribution is -2.43. The highest BCUT2D eigenvalue weighted by Crippen LogP contribution is 2.28. The number of hydrogen-bond acceptors (Lipinski definition) is 3. The Hall–Kier alpha value is -0.810. The van der Waals surface area contributed by atoms with Gasteiger partial charge in [0, 0.05) is 44.6 Å². The lowest BCUT2D eigenvalue weighted by Gasteiger charge is -2.28. The molecule has 2 heterocycles.